The molecule has 0 radical (unpaired) electrons. The summed E-state index contributed by atoms with van der Waals surface area (Å²) in [6.45, 7) is 2.73. The third kappa shape index (κ3) is 4.65. The van der Waals surface area contributed by atoms with Gasteiger partial charge in [-0.1, -0.05) is 60.8 Å². The zero-order valence-corrected chi connectivity index (χ0v) is 18.9. The molecule has 2 aliphatic rings. The van der Waals surface area contributed by atoms with Crippen LogP contribution in [0.25, 0.3) is 0 Å². The van der Waals surface area contributed by atoms with E-state index >= 15 is 0 Å². The van der Waals surface area contributed by atoms with Gasteiger partial charge in [-0.3, -0.25) is 9.59 Å². The second kappa shape index (κ2) is 9.46. The van der Waals surface area contributed by atoms with Gasteiger partial charge in [-0.25, -0.2) is 0 Å². The summed E-state index contributed by atoms with van der Waals surface area (Å²) in [4.78, 5) is 25.9. The highest BCUT2D eigenvalue weighted by Crippen LogP contribution is 2.45. The fourth-order valence-corrected chi connectivity index (χ4v) is 4.76. The summed E-state index contributed by atoms with van der Waals surface area (Å²) in [5.74, 6) is 0.405. The van der Waals surface area contributed by atoms with Gasteiger partial charge in [0.15, 0.2) is 5.78 Å². The number of ether oxygens (including phenoxy) is 1. The maximum atomic E-state index is 13.3. The smallest absolute Gasteiger partial charge is 0.225 e. The average Bonchev–Trinajstić information content (AvgIpc) is 2.75. The van der Waals surface area contributed by atoms with E-state index in [0.717, 1.165) is 35.4 Å². The Bertz CT molecular complexity index is 1050. The van der Waals surface area contributed by atoms with Crippen LogP contribution in [0.15, 0.2) is 53.7 Å². The molecule has 4 rings (SSSR count). The number of benzene rings is 2. The minimum Gasteiger partial charge on any atom is -0.493 e. The van der Waals surface area contributed by atoms with Crippen LogP contribution in [-0.2, 0) is 9.59 Å². The maximum absolute atomic E-state index is 13.3. The molecule has 2 aromatic carbocycles. The van der Waals surface area contributed by atoms with E-state index in [1.54, 1.807) is 6.07 Å². The Morgan fingerprint density at radius 2 is 1.84 bits per heavy atom. The SMILES string of the molecule is CCCCOc1ccccc1C1CC(=O)NC2=C1C(=O)CC(c1ccc(Cl)c(Cl)c1)C2. The molecule has 2 aromatic rings. The fraction of sp³-hybridized carbons (Fsp3) is 0.360. The van der Waals surface area contributed by atoms with Crippen LogP contribution in [0, 0.1) is 0 Å². The Balaban J connectivity index is 1.67. The van der Waals surface area contributed by atoms with Crippen molar-refractivity contribution in [2.45, 2.75) is 50.9 Å². The molecule has 1 aliphatic carbocycles. The van der Waals surface area contributed by atoms with Crippen molar-refractivity contribution < 1.29 is 14.3 Å². The van der Waals surface area contributed by atoms with Crippen molar-refractivity contribution >= 4 is 34.9 Å². The van der Waals surface area contributed by atoms with Crippen molar-refractivity contribution in [3.05, 3.63) is 74.9 Å². The molecule has 2 unspecified atom stereocenters. The number of carbonyl (C=O) groups is 2. The third-order valence-electron chi connectivity index (χ3n) is 6.00. The number of Topliss-reactive ketones (excluding diaryl/α,β-unsaturated/α-hetero) is 1. The molecule has 0 aromatic heterocycles. The lowest BCUT2D eigenvalue weighted by Crippen LogP contribution is -2.38. The predicted molar refractivity (Wildman–Crippen MR) is 123 cm³/mol. The minimum absolute atomic E-state index is 0.0453. The molecule has 0 bridgehead atoms. The van der Waals surface area contributed by atoms with Crippen LogP contribution in [0.2, 0.25) is 10.0 Å². The number of rotatable bonds is 6. The molecule has 1 aliphatic heterocycles. The van der Waals surface area contributed by atoms with Gasteiger partial charge in [-0.05, 0) is 42.5 Å². The predicted octanol–water partition coefficient (Wildman–Crippen LogP) is 6.18. The van der Waals surface area contributed by atoms with E-state index in [1.807, 2.05) is 36.4 Å². The fourth-order valence-electron chi connectivity index (χ4n) is 4.45. The van der Waals surface area contributed by atoms with Crippen molar-refractivity contribution in [2.75, 3.05) is 6.61 Å². The summed E-state index contributed by atoms with van der Waals surface area (Å²) in [5.41, 5.74) is 3.29. The summed E-state index contributed by atoms with van der Waals surface area (Å²) < 4.78 is 6.00. The molecule has 4 nitrogen and oxygen atoms in total. The summed E-state index contributed by atoms with van der Waals surface area (Å²) in [6, 6.07) is 13.2. The Hall–Kier alpha value is -2.30. The standard InChI is InChI=1S/C25H25Cl2NO3/c1-2-3-10-31-23-7-5-4-6-17(23)18-14-24(30)28-21-12-16(13-22(29)25(18)21)15-8-9-19(26)20(27)11-15/h4-9,11,16,18H,2-3,10,12-14H2,1H3,(H,28,30). The zero-order chi connectivity index (χ0) is 22.0. The second-order valence-corrected chi connectivity index (χ2v) is 8.95. The molecule has 31 heavy (non-hydrogen) atoms. The van der Waals surface area contributed by atoms with Gasteiger partial charge in [0.2, 0.25) is 5.91 Å². The van der Waals surface area contributed by atoms with E-state index in [2.05, 4.69) is 12.2 Å². The number of allylic oxidation sites excluding steroid dienone is 2. The van der Waals surface area contributed by atoms with Crippen LogP contribution in [0.5, 0.6) is 5.75 Å². The molecule has 0 saturated carbocycles. The Morgan fingerprint density at radius 3 is 2.61 bits per heavy atom. The van der Waals surface area contributed by atoms with Gasteiger partial charge in [-0.2, -0.15) is 0 Å². The van der Waals surface area contributed by atoms with Gasteiger partial charge >= 0.3 is 0 Å². The molecule has 0 saturated heterocycles. The zero-order valence-electron chi connectivity index (χ0n) is 17.4. The summed E-state index contributed by atoms with van der Waals surface area (Å²) in [5, 5.41) is 3.92. The van der Waals surface area contributed by atoms with E-state index < -0.39 is 0 Å². The van der Waals surface area contributed by atoms with Crippen LogP contribution in [0.4, 0.5) is 0 Å². The number of nitrogens with one attached hydrogen (secondary N) is 1. The first kappa shape index (κ1) is 21.9. The minimum atomic E-state index is -0.288. The quantitative estimate of drug-likeness (QED) is 0.527. The number of para-hydroxylation sites is 1. The molecular formula is C25H25Cl2NO3. The molecule has 1 amide bonds. The normalized spacial score (nSPS) is 21.0. The van der Waals surface area contributed by atoms with Crippen molar-refractivity contribution in [1.82, 2.24) is 5.32 Å². The number of hydrogen-bond donors (Lipinski definition) is 1. The second-order valence-electron chi connectivity index (χ2n) is 8.14. The first-order chi connectivity index (χ1) is 15.0. The molecular weight excluding hydrogens is 433 g/mol. The van der Waals surface area contributed by atoms with E-state index in [9.17, 15) is 9.59 Å². The molecule has 2 atom stereocenters. The molecule has 6 heteroatoms. The highest BCUT2D eigenvalue weighted by Gasteiger charge is 2.39. The molecule has 0 fully saturated rings. The van der Waals surface area contributed by atoms with Gasteiger partial charge in [0.25, 0.3) is 0 Å². The first-order valence-corrected chi connectivity index (χ1v) is 11.5. The summed E-state index contributed by atoms with van der Waals surface area (Å²) in [7, 11) is 0. The van der Waals surface area contributed by atoms with Crippen molar-refractivity contribution in [2.24, 2.45) is 0 Å². The topological polar surface area (TPSA) is 55.4 Å². The third-order valence-corrected chi connectivity index (χ3v) is 6.74. The van der Waals surface area contributed by atoms with E-state index in [1.165, 1.54) is 0 Å². The number of unbranched alkanes of at least 4 members (excludes halogenated alkanes) is 1. The number of halogens is 2. The van der Waals surface area contributed by atoms with Crippen LogP contribution in [0.1, 0.15) is 62.0 Å². The largest absolute Gasteiger partial charge is 0.493 e. The highest BCUT2D eigenvalue weighted by molar-refractivity contribution is 6.42. The van der Waals surface area contributed by atoms with Gasteiger partial charge in [0, 0.05) is 35.6 Å². The Labute approximate surface area is 192 Å². The summed E-state index contributed by atoms with van der Waals surface area (Å²) >= 11 is 12.2. The Morgan fingerprint density at radius 1 is 1.03 bits per heavy atom. The lowest BCUT2D eigenvalue weighted by molar-refractivity contribution is -0.122. The van der Waals surface area contributed by atoms with Gasteiger partial charge in [0.05, 0.1) is 16.7 Å². The van der Waals surface area contributed by atoms with Crippen LogP contribution in [-0.4, -0.2) is 18.3 Å². The monoisotopic (exact) mass is 457 g/mol. The van der Waals surface area contributed by atoms with E-state index in [0.29, 0.717) is 35.1 Å². The molecule has 1 heterocycles. The van der Waals surface area contributed by atoms with E-state index in [4.69, 9.17) is 27.9 Å². The van der Waals surface area contributed by atoms with Gasteiger partial charge < -0.3 is 10.1 Å². The number of amides is 1. The molecule has 0 spiro atoms. The highest BCUT2D eigenvalue weighted by atomic mass is 35.5. The Kier molecular flexibility index (Phi) is 6.68. The maximum Gasteiger partial charge on any atom is 0.225 e. The average molecular weight is 458 g/mol. The lowest BCUT2D eigenvalue weighted by atomic mass is 9.73. The number of carbonyl (C=O) groups excluding carboxylic acids is 2. The number of ketones is 1. The molecule has 162 valence electrons. The van der Waals surface area contributed by atoms with Crippen molar-refractivity contribution in [3.63, 3.8) is 0 Å². The van der Waals surface area contributed by atoms with Crippen LogP contribution in [0.3, 0.4) is 0 Å². The molecule has 1 N–H and O–H groups in total. The summed E-state index contributed by atoms with van der Waals surface area (Å²) in [6.07, 6.45) is 3.20. The van der Waals surface area contributed by atoms with Gasteiger partial charge in [0.1, 0.15) is 5.75 Å². The first-order valence-electron chi connectivity index (χ1n) is 10.7. The van der Waals surface area contributed by atoms with Crippen LogP contribution >= 0.6 is 23.2 Å². The lowest BCUT2D eigenvalue weighted by Gasteiger charge is -2.35. The van der Waals surface area contributed by atoms with Crippen molar-refractivity contribution in [3.8, 4) is 5.75 Å². The van der Waals surface area contributed by atoms with Gasteiger partial charge in [-0.15, -0.1) is 0 Å². The van der Waals surface area contributed by atoms with Crippen LogP contribution < -0.4 is 10.1 Å². The van der Waals surface area contributed by atoms with E-state index in [-0.39, 0.29) is 29.9 Å². The number of hydrogen-bond acceptors (Lipinski definition) is 3. The van der Waals surface area contributed by atoms with Crippen molar-refractivity contribution in [1.29, 1.82) is 0 Å².